The number of aryl methyl sites for hydroxylation is 1. The molecule has 0 amide bonds. The monoisotopic (exact) mass is 478 g/mol. The highest BCUT2D eigenvalue weighted by Gasteiger charge is 2.41. The van der Waals surface area contributed by atoms with Gasteiger partial charge in [0.15, 0.2) is 5.60 Å². The second kappa shape index (κ2) is 11.5. The van der Waals surface area contributed by atoms with Crippen LogP contribution in [0.3, 0.4) is 0 Å². The Morgan fingerprint density at radius 1 is 0.943 bits per heavy atom. The molecule has 35 heavy (non-hydrogen) atoms. The number of hydrogen-bond acceptors (Lipinski definition) is 7. The van der Waals surface area contributed by atoms with E-state index in [1.807, 2.05) is 48.5 Å². The fourth-order valence-electron chi connectivity index (χ4n) is 3.34. The molecule has 184 valence electrons. The Bertz CT molecular complexity index is 1140. The number of ether oxygens (including phenoxy) is 4. The highest BCUT2D eigenvalue weighted by molar-refractivity contribution is 5.95. The standard InChI is InChI=1S/C28H30O7/c1-19-15-23(33-17-21-11-7-5-8-12-21)16-24(32-4)25(19)26(29)35-20(2)28(3,31)27(30)34-18-22-13-9-6-10-14-22/h5-16,20,31H,17-18H2,1-4H3/t20-,28-/m1/s1. The molecule has 3 rings (SSSR count). The van der Waals surface area contributed by atoms with Crippen molar-refractivity contribution < 1.29 is 33.6 Å². The molecule has 0 saturated carbocycles. The van der Waals surface area contributed by atoms with Crippen molar-refractivity contribution in [2.45, 2.75) is 45.7 Å². The first-order valence-corrected chi connectivity index (χ1v) is 11.2. The molecule has 0 heterocycles. The molecule has 7 nitrogen and oxygen atoms in total. The van der Waals surface area contributed by atoms with Crippen molar-refractivity contribution in [1.29, 1.82) is 0 Å². The van der Waals surface area contributed by atoms with Crippen molar-refractivity contribution in [2.75, 3.05) is 7.11 Å². The summed E-state index contributed by atoms with van der Waals surface area (Å²) in [6, 6.07) is 22.1. The molecule has 2 atom stereocenters. The lowest BCUT2D eigenvalue weighted by molar-refractivity contribution is -0.175. The summed E-state index contributed by atoms with van der Waals surface area (Å²) in [7, 11) is 1.44. The van der Waals surface area contributed by atoms with Gasteiger partial charge in [0.1, 0.15) is 36.4 Å². The zero-order valence-electron chi connectivity index (χ0n) is 20.3. The van der Waals surface area contributed by atoms with E-state index < -0.39 is 23.6 Å². The van der Waals surface area contributed by atoms with E-state index in [-0.39, 0.29) is 17.9 Å². The molecular formula is C28H30O7. The first-order chi connectivity index (χ1) is 16.7. The van der Waals surface area contributed by atoms with Gasteiger partial charge in [0.25, 0.3) is 0 Å². The second-order valence-corrected chi connectivity index (χ2v) is 8.35. The molecule has 0 aromatic heterocycles. The van der Waals surface area contributed by atoms with Crippen LogP contribution in [-0.4, -0.2) is 35.9 Å². The number of benzene rings is 3. The molecule has 1 N–H and O–H groups in total. The van der Waals surface area contributed by atoms with Crippen LogP contribution < -0.4 is 9.47 Å². The van der Waals surface area contributed by atoms with Crippen LogP contribution in [0, 0.1) is 6.92 Å². The van der Waals surface area contributed by atoms with Crippen LogP contribution in [0.4, 0.5) is 0 Å². The highest BCUT2D eigenvalue weighted by Crippen LogP contribution is 2.31. The molecule has 3 aromatic rings. The minimum atomic E-state index is -2.05. The molecule has 0 spiro atoms. The predicted molar refractivity (Wildman–Crippen MR) is 130 cm³/mol. The quantitative estimate of drug-likeness (QED) is 0.425. The Morgan fingerprint density at radius 3 is 2.09 bits per heavy atom. The third kappa shape index (κ3) is 6.61. The van der Waals surface area contributed by atoms with Crippen molar-refractivity contribution >= 4 is 11.9 Å². The molecule has 0 aliphatic heterocycles. The molecule has 0 radical (unpaired) electrons. The average Bonchev–Trinajstić information content (AvgIpc) is 2.86. The van der Waals surface area contributed by atoms with E-state index in [1.54, 1.807) is 31.2 Å². The Kier molecular flexibility index (Phi) is 8.49. The molecule has 0 saturated heterocycles. The van der Waals surface area contributed by atoms with E-state index in [4.69, 9.17) is 18.9 Å². The van der Waals surface area contributed by atoms with Crippen LogP contribution in [-0.2, 0) is 27.5 Å². The molecular weight excluding hydrogens is 448 g/mol. The lowest BCUT2D eigenvalue weighted by Gasteiger charge is -2.28. The lowest BCUT2D eigenvalue weighted by Crippen LogP contribution is -2.48. The van der Waals surface area contributed by atoms with Gasteiger partial charge in [-0.25, -0.2) is 9.59 Å². The fraction of sp³-hybridized carbons (Fsp3) is 0.286. The van der Waals surface area contributed by atoms with E-state index in [0.717, 1.165) is 11.1 Å². The highest BCUT2D eigenvalue weighted by atomic mass is 16.6. The largest absolute Gasteiger partial charge is 0.496 e. The number of methoxy groups -OCH3 is 1. The summed E-state index contributed by atoms with van der Waals surface area (Å²) in [5.74, 6) is -0.839. The smallest absolute Gasteiger partial charge is 0.342 e. The fourth-order valence-corrected chi connectivity index (χ4v) is 3.34. The molecule has 0 aliphatic rings. The minimum Gasteiger partial charge on any atom is -0.496 e. The summed E-state index contributed by atoms with van der Waals surface area (Å²) >= 11 is 0. The van der Waals surface area contributed by atoms with Gasteiger partial charge in [-0.2, -0.15) is 0 Å². The maximum atomic E-state index is 13.0. The van der Waals surface area contributed by atoms with Crippen molar-refractivity contribution in [3.8, 4) is 11.5 Å². The van der Waals surface area contributed by atoms with Crippen molar-refractivity contribution in [1.82, 2.24) is 0 Å². The molecule has 0 fully saturated rings. The normalized spacial score (nSPS) is 13.3. The van der Waals surface area contributed by atoms with E-state index in [2.05, 4.69) is 0 Å². The van der Waals surface area contributed by atoms with Gasteiger partial charge in [0.2, 0.25) is 0 Å². The number of carbonyl (C=O) groups excluding carboxylic acids is 2. The van der Waals surface area contributed by atoms with E-state index in [1.165, 1.54) is 21.0 Å². The summed E-state index contributed by atoms with van der Waals surface area (Å²) in [4.78, 5) is 25.5. The van der Waals surface area contributed by atoms with Crippen LogP contribution >= 0.6 is 0 Å². The van der Waals surface area contributed by atoms with Gasteiger partial charge in [-0.1, -0.05) is 60.7 Å². The van der Waals surface area contributed by atoms with E-state index >= 15 is 0 Å². The zero-order chi connectivity index (χ0) is 25.4. The van der Waals surface area contributed by atoms with Crippen LogP contribution in [0.2, 0.25) is 0 Å². The van der Waals surface area contributed by atoms with Crippen LogP contribution in [0.25, 0.3) is 0 Å². The Balaban J connectivity index is 1.67. The van der Waals surface area contributed by atoms with Crippen molar-refractivity contribution in [3.63, 3.8) is 0 Å². The van der Waals surface area contributed by atoms with Crippen molar-refractivity contribution in [2.24, 2.45) is 0 Å². The molecule has 0 bridgehead atoms. The van der Waals surface area contributed by atoms with Gasteiger partial charge in [-0.05, 0) is 43.5 Å². The summed E-state index contributed by atoms with van der Waals surface area (Å²) in [6.07, 6.45) is -1.18. The van der Waals surface area contributed by atoms with Gasteiger partial charge in [0.05, 0.1) is 7.11 Å². The number of rotatable bonds is 10. The third-order valence-electron chi connectivity index (χ3n) is 5.65. The third-order valence-corrected chi connectivity index (χ3v) is 5.65. The Morgan fingerprint density at radius 2 is 1.51 bits per heavy atom. The maximum Gasteiger partial charge on any atom is 0.342 e. The maximum absolute atomic E-state index is 13.0. The predicted octanol–water partition coefficient (Wildman–Crippen LogP) is 4.62. The summed E-state index contributed by atoms with van der Waals surface area (Å²) in [5, 5.41) is 10.7. The lowest BCUT2D eigenvalue weighted by atomic mass is 10.0. The first-order valence-electron chi connectivity index (χ1n) is 11.2. The van der Waals surface area contributed by atoms with Gasteiger partial charge in [-0.3, -0.25) is 0 Å². The minimum absolute atomic E-state index is 0.00609. The zero-order valence-corrected chi connectivity index (χ0v) is 20.3. The van der Waals surface area contributed by atoms with Gasteiger partial charge >= 0.3 is 11.9 Å². The molecule has 7 heteroatoms. The average molecular weight is 479 g/mol. The van der Waals surface area contributed by atoms with Crippen LogP contribution in [0.5, 0.6) is 11.5 Å². The summed E-state index contributed by atoms with van der Waals surface area (Å²) < 4.78 is 21.9. The van der Waals surface area contributed by atoms with Gasteiger partial charge in [0, 0.05) is 6.07 Å². The van der Waals surface area contributed by atoms with Crippen LogP contribution in [0.15, 0.2) is 72.8 Å². The van der Waals surface area contributed by atoms with E-state index in [9.17, 15) is 14.7 Å². The number of hydrogen-bond donors (Lipinski definition) is 1. The molecule has 0 aliphatic carbocycles. The van der Waals surface area contributed by atoms with Crippen LogP contribution in [0.1, 0.15) is 40.9 Å². The number of aliphatic hydroxyl groups is 1. The van der Waals surface area contributed by atoms with E-state index in [0.29, 0.717) is 17.9 Å². The summed E-state index contributed by atoms with van der Waals surface area (Å²) in [6.45, 7) is 4.77. The summed E-state index contributed by atoms with van der Waals surface area (Å²) in [5.41, 5.74) is 0.472. The Hall–Kier alpha value is -3.84. The first kappa shape index (κ1) is 25.8. The van der Waals surface area contributed by atoms with Gasteiger partial charge in [-0.15, -0.1) is 0 Å². The number of esters is 2. The number of carbonyl (C=O) groups is 2. The Labute approximate surface area is 205 Å². The van der Waals surface area contributed by atoms with Gasteiger partial charge < -0.3 is 24.1 Å². The SMILES string of the molecule is COc1cc(OCc2ccccc2)cc(C)c1C(=O)O[C@H](C)[C@@](C)(O)C(=O)OCc1ccccc1. The molecule has 3 aromatic carbocycles. The molecule has 0 unspecified atom stereocenters. The topological polar surface area (TPSA) is 91.3 Å². The van der Waals surface area contributed by atoms with Crippen molar-refractivity contribution in [3.05, 3.63) is 95.1 Å². The second-order valence-electron chi connectivity index (χ2n) is 8.35.